The van der Waals surface area contributed by atoms with Gasteiger partial charge in [-0.25, -0.2) is 0 Å². The maximum Gasteiger partial charge on any atom is 0.191 e. The lowest BCUT2D eigenvalue weighted by Crippen LogP contribution is -2.45. The smallest absolute Gasteiger partial charge is 0.191 e. The van der Waals surface area contributed by atoms with Crippen LogP contribution in [0.15, 0.2) is 4.99 Å². The molecule has 2 rings (SSSR count). The van der Waals surface area contributed by atoms with E-state index in [-0.39, 0.29) is 24.0 Å². The van der Waals surface area contributed by atoms with Gasteiger partial charge in [0.15, 0.2) is 5.96 Å². The summed E-state index contributed by atoms with van der Waals surface area (Å²) in [6, 6.07) is 1.25. The van der Waals surface area contributed by atoms with Gasteiger partial charge in [0.25, 0.3) is 0 Å². The molecule has 0 bridgehead atoms. The molecule has 2 N–H and O–H groups in total. The van der Waals surface area contributed by atoms with Gasteiger partial charge >= 0.3 is 0 Å². The summed E-state index contributed by atoms with van der Waals surface area (Å²) in [5.41, 5.74) is 0. The van der Waals surface area contributed by atoms with Crippen molar-refractivity contribution in [1.29, 1.82) is 0 Å². The fraction of sp³-hybridized carbons (Fsp3) is 0.941. The number of hydrogen-bond donors (Lipinski definition) is 2. The molecule has 1 saturated carbocycles. The molecule has 0 spiro atoms. The van der Waals surface area contributed by atoms with E-state index in [9.17, 15) is 0 Å². The van der Waals surface area contributed by atoms with Crippen LogP contribution in [0.5, 0.6) is 0 Å². The van der Waals surface area contributed by atoms with Crippen LogP contribution in [0, 0.1) is 0 Å². The molecule has 2 aliphatic rings. The van der Waals surface area contributed by atoms with Crippen LogP contribution in [0.4, 0.5) is 0 Å². The first-order valence-electron chi connectivity index (χ1n) is 9.12. The van der Waals surface area contributed by atoms with Gasteiger partial charge in [-0.1, -0.05) is 26.2 Å². The Kier molecular flexibility index (Phi) is 10.4. The molecule has 1 aliphatic carbocycles. The van der Waals surface area contributed by atoms with Crippen LogP contribution >= 0.6 is 24.0 Å². The normalized spacial score (nSPS) is 22.2. The summed E-state index contributed by atoms with van der Waals surface area (Å²) in [6.07, 6.45) is 10.7. The molecular formula is C17H35IN4. The number of guanidine groups is 1. The number of aliphatic imine (C=N–C) groups is 1. The van der Waals surface area contributed by atoms with Gasteiger partial charge in [-0.05, 0) is 52.1 Å². The van der Waals surface area contributed by atoms with Crippen LogP contribution in [0.2, 0.25) is 0 Å². The fourth-order valence-electron chi connectivity index (χ4n) is 3.57. The third kappa shape index (κ3) is 6.60. The van der Waals surface area contributed by atoms with Gasteiger partial charge in [0, 0.05) is 18.6 Å². The number of hydrogen-bond acceptors (Lipinski definition) is 2. The minimum Gasteiger partial charge on any atom is -0.357 e. The highest BCUT2D eigenvalue weighted by Gasteiger charge is 2.20. The summed E-state index contributed by atoms with van der Waals surface area (Å²) in [4.78, 5) is 7.49. The van der Waals surface area contributed by atoms with Crippen LogP contribution in [0.1, 0.15) is 65.2 Å². The Hall–Kier alpha value is -0.0400. The van der Waals surface area contributed by atoms with Crippen molar-refractivity contribution in [1.82, 2.24) is 15.5 Å². The predicted molar refractivity (Wildman–Crippen MR) is 106 cm³/mol. The number of nitrogens with zero attached hydrogens (tertiary/aromatic N) is 2. The lowest BCUT2D eigenvalue weighted by molar-refractivity contribution is 0.242. The number of nitrogens with one attached hydrogen (secondary N) is 2. The van der Waals surface area contributed by atoms with Crippen molar-refractivity contribution in [2.75, 3.05) is 26.2 Å². The maximum atomic E-state index is 4.88. The van der Waals surface area contributed by atoms with Gasteiger partial charge in [-0.2, -0.15) is 0 Å². The van der Waals surface area contributed by atoms with Crippen LogP contribution in [-0.4, -0.2) is 49.1 Å². The van der Waals surface area contributed by atoms with Crippen molar-refractivity contribution >= 4 is 29.9 Å². The van der Waals surface area contributed by atoms with Crippen molar-refractivity contribution < 1.29 is 0 Å². The van der Waals surface area contributed by atoms with Gasteiger partial charge in [0.2, 0.25) is 0 Å². The van der Waals surface area contributed by atoms with E-state index in [1.54, 1.807) is 0 Å². The zero-order chi connectivity index (χ0) is 14.9. The van der Waals surface area contributed by atoms with Gasteiger partial charge in [-0.3, -0.25) is 9.89 Å². The molecule has 130 valence electrons. The Morgan fingerprint density at radius 3 is 2.36 bits per heavy atom. The topological polar surface area (TPSA) is 39.7 Å². The Labute approximate surface area is 153 Å². The molecule has 0 aromatic rings. The molecular weight excluding hydrogens is 387 g/mol. The molecule has 1 atom stereocenters. The first-order valence-corrected chi connectivity index (χ1v) is 9.12. The van der Waals surface area contributed by atoms with Gasteiger partial charge in [-0.15, -0.1) is 24.0 Å². The van der Waals surface area contributed by atoms with E-state index in [1.807, 2.05) is 0 Å². The number of likely N-dealkylation sites (tertiary alicyclic amines) is 1. The highest BCUT2D eigenvalue weighted by Crippen LogP contribution is 2.17. The van der Waals surface area contributed by atoms with E-state index < -0.39 is 0 Å². The molecule has 2 fully saturated rings. The Morgan fingerprint density at radius 1 is 1.09 bits per heavy atom. The summed E-state index contributed by atoms with van der Waals surface area (Å²) in [5.74, 6) is 1.03. The largest absolute Gasteiger partial charge is 0.357 e. The third-order valence-electron chi connectivity index (χ3n) is 4.88. The lowest BCUT2D eigenvalue weighted by Gasteiger charge is -2.27. The molecule has 1 aliphatic heterocycles. The maximum absolute atomic E-state index is 4.88. The van der Waals surface area contributed by atoms with Crippen LogP contribution < -0.4 is 10.6 Å². The first-order chi connectivity index (χ1) is 10.3. The van der Waals surface area contributed by atoms with E-state index in [0.717, 1.165) is 19.0 Å². The van der Waals surface area contributed by atoms with Crippen molar-refractivity contribution in [3.63, 3.8) is 0 Å². The van der Waals surface area contributed by atoms with E-state index in [2.05, 4.69) is 29.4 Å². The lowest BCUT2D eigenvalue weighted by atomic mass is 9.96. The molecule has 22 heavy (non-hydrogen) atoms. The molecule has 4 nitrogen and oxygen atoms in total. The Bertz CT molecular complexity index is 310. The zero-order valence-electron chi connectivity index (χ0n) is 14.4. The second kappa shape index (κ2) is 11.5. The average Bonchev–Trinajstić information content (AvgIpc) is 3.03. The Balaban J connectivity index is 0.00000242. The summed E-state index contributed by atoms with van der Waals surface area (Å²) in [5, 5.41) is 7.07. The summed E-state index contributed by atoms with van der Waals surface area (Å²) < 4.78 is 0. The average molecular weight is 422 g/mol. The predicted octanol–water partition coefficient (Wildman–Crippen LogP) is 3.37. The molecule has 0 radical (unpaired) electrons. The number of halogens is 1. The van der Waals surface area contributed by atoms with Crippen LogP contribution in [0.3, 0.4) is 0 Å². The molecule has 1 heterocycles. The van der Waals surface area contributed by atoms with Crippen molar-refractivity contribution in [3.05, 3.63) is 0 Å². The second-order valence-corrected chi connectivity index (χ2v) is 6.50. The molecule has 1 saturated heterocycles. The fourth-order valence-corrected chi connectivity index (χ4v) is 3.57. The van der Waals surface area contributed by atoms with E-state index >= 15 is 0 Å². The third-order valence-corrected chi connectivity index (χ3v) is 4.88. The second-order valence-electron chi connectivity index (χ2n) is 6.50. The molecule has 0 amide bonds. The van der Waals surface area contributed by atoms with Crippen LogP contribution in [0.25, 0.3) is 0 Å². The molecule has 1 unspecified atom stereocenters. The zero-order valence-corrected chi connectivity index (χ0v) is 16.8. The minimum atomic E-state index is 0. The highest BCUT2D eigenvalue weighted by atomic mass is 127. The first kappa shape index (κ1) is 20.0. The number of rotatable bonds is 6. The van der Waals surface area contributed by atoms with Gasteiger partial charge < -0.3 is 10.6 Å². The molecule has 0 aromatic carbocycles. The van der Waals surface area contributed by atoms with Crippen LogP contribution in [-0.2, 0) is 0 Å². The summed E-state index contributed by atoms with van der Waals surface area (Å²) in [6.45, 7) is 8.84. The molecule has 0 aromatic heterocycles. The van der Waals surface area contributed by atoms with E-state index in [1.165, 1.54) is 64.5 Å². The Morgan fingerprint density at radius 2 is 1.77 bits per heavy atom. The van der Waals surface area contributed by atoms with Gasteiger partial charge in [0.05, 0.1) is 6.54 Å². The summed E-state index contributed by atoms with van der Waals surface area (Å²) in [7, 11) is 0. The van der Waals surface area contributed by atoms with E-state index in [4.69, 9.17) is 4.99 Å². The van der Waals surface area contributed by atoms with Crippen molar-refractivity contribution in [2.24, 2.45) is 4.99 Å². The van der Waals surface area contributed by atoms with E-state index in [0.29, 0.717) is 12.1 Å². The van der Waals surface area contributed by atoms with Crippen molar-refractivity contribution in [3.8, 4) is 0 Å². The van der Waals surface area contributed by atoms with Gasteiger partial charge in [0.1, 0.15) is 0 Å². The monoisotopic (exact) mass is 422 g/mol. The molecule has 5 heteroatoms. The SMILES string of the molecule is CCNC(=NCC(CC)N1CCCC1)NC1CCCCC1.I. The highest BCUT2D eigenvalue weighted by molar-refractivity contribution is 14.0. The standard InChI is InChI=1S/C17H34N4.HI/c1-3-16(21-12-8-9-13-21)14-19-17(18-4-2)20-15-10-6-5-7-11-15;/h15-16H,3-14H2,1-2H3,(H2,18,19,20);1H. The summed E-state index contributed by atoms with van der Waals surface area (Å²) >= 11 is 0. The minimum absolute atomic E-state index is 0. The van der Waals surface area contributed by atoms with Crippen molar-refractivity contribution in [2.45, 2.75) is 77.3 Å². The quantitative estimate of drug-likeness (QED) is 0.392.